The molecule has 0 bridgehead atoms. The molecule has 0 unspecified atom stereocenters. The fraction of sp³-hybridized carbons (Fsp3) is 0. The third-order valence-corrected chi connectivity index (χ3v) is 4.77. The zero-order chi connectivity index (χ0) is 14.0. The molecule has 8 heteroatoms. The summed E-state index contributed by atoms with van der Waals surface area (Å²) in [6, 6.07) is 7.32. The Morgan fingerprint density at radius 3 is 2.42 bits per heavy atom. The summed E-state index contributed by atoms with van der Waals surface area (Å²) in [7, 11) is -3.71. The zero-order valence-corrected chi connectivity index (χ0v) is 13.2. The molecule has 2 rings (SSSR count). The number of rotatable bonds is 3. The first-order valence-electron chi connectivity index (χ1n) is 4.98. The molecule has 0 aliphatic carbocycles. The summed E-state index contributed by atoms with van der Waals surface area (Å²) in [5, 5.41) is 0.476. The van der Waals surface area contributed by atoms with Gasteiger partial charge in [-0.2, -0.15) is 0 Å². The molecule has 2 aromatic rings. The Kier molecular flexibility index (Phi) is 4.35. The van der Waals surface area contributed by atoms with E-state index in [-0.39, 0.29) is 9.92 Å². The van der Waals surface area contributed by atoms with Gasteiger partial charge in [-0.25, -0.2) is 13.4 Å². The molecule has 4 nitrogen and oxygen atoms in total. The highest BCUT2D eigenvalue weighted by molar-refractivity contribution is 9.10. The molecule has 0 saturated heterocycles. The fourth-order valence-corrected chi connectivity index (χ4v) is 2.96. The number of sulfonamides is 1. The average molecular weight is 382 g/mol. The molecule has 1 N–H and O–H groups in total. The molecule has 1 heterocycles. The molecule has 0 fully saturated rings. The molecular weight excluding hydrogens is 375 g/mol. The Labute approximate surface area is 128 Å². The van der Waals surface area contributed by atoms with Crippen molar-refractivity contribution in [3.05, 3.63) is 51.2 Å². The predicted octanol–water partition coefficient (Wildman–Crippen LogP) is 3.95. The summed E-state index contributed by atoms with van der Waals surface area (Å²) in [5.41, 5.74) is 0.356. The van der Waals surface area contributed by atoms with Crippen LogP contribution in [0.1, 0.15) is 0 Å². The lowest BCUT2D eigenvalue weighted by Gasteiger charge is -2.08. The summed E-state index contributed by atoms with van der Waals surface area (Å²) in [6.45, 7) is 0. The first kappa shape index (κ1) is 14.6. The third-order valence-electron chi connectivity index (χ3n) is 2.18. The van der Waals surface area contributed by atoms with Gasteiger partial charge in [-0.15, -0.1) is 0 Å². The Bertz CT molecular complexity index is 705. The van der Waals surface area contributed by atoms with E-state index in [1.165, 1.54) is 24.4 Å². The molecule has 0 atom stereocenters. The monoisotopic (exact) mass is 380 g/mol. The van der Waals surface area contributed by atoms with Gasteiger partial charge < -0.3 is 0 Å². The van der Waals surface area contributed by atoms with Crippen molar-refractivity contribution in [1.82, 2.24) is 4.98 Å². The number of pyridine rings is 1. The highest BCUT2D eigenvalue weighted by Crippen LogP contribution is 2.26. The van der Waals surface area contributed by atoms with Crippen molar-refractivity contribution in [1.29, 1.82) is 0 Å². The van der Waals surface area contributed by atoms with Gasteiger partial charge >= 0.3 is 0 Å². The molecule has 0 aliphatic heterocycles. The van der Waals surface area contributed by atoms with Gasteiger partial charge in [0.25, 0.3) is 10.0 Å². The number of hydrogen-bond donors (Lipinski definition) is 1. The summed E-state index contributed by atoms with van der Waals surface area (Å²) in [5.74, 6) is 0. The van der Waals surface area contributed by atoms with Gasteiger partial charge in [0.15, 0.2) is 0 Å². The zero-order valence-electron chi connectivity index (χ0n) is 9.27. The van der Waals surface area contributed by atoms with Crippen molar-refractivity contribution in [2.24, 2.45) is 0 Å². The second-order valence-electron chi connectivity index (χ2n) is 3.55. The predicted molar refractivity (Wildman–Crippen MR) is 79.2 cm³/mol. The number of aromatic nitrogens is 1. The van der Waals surface area contributed by atoms with Crippen LogP contribution in [0.4, 0.5) is 5.69 Å². The van der Waals surface area contributed by atoms with Crippen LogP contribution in [0.5, 0.6) is 0 Å². The number of benzene rings is 1. The van der Waals surface area contributed by atoms with Crippen molar-refractivity contribution in [3.8, 4) is 0 Å². The molecule has 0 saturated carbocycles. The third kappa shape index (κ3) is 3.60. The van der Waals surface area contributed by atoms with Crippen LogP contribution in [0.25, 0.3) is 0 Å². The maximum Gasteiger partial charge on any atom is 0.261 e. The van der Waals surface area contributed by atoms with Gasteiger partial charge in [0, 0.05) is 0 Å². The topological polar surface area (TPSA) is 59.1 Å². The largest absolute Gasteiger partial charge is 0.278 e. The van der Waals surface area contributed by atoms with E-state index in [1.807, 2.05) is 0 Å². The lowest BCUT2D eigenvalue weighted by atomic mass is 10.4. The minimum absolute atomic E-state index is 0.0322. The standard InChI is InChI=1S/C11H7BrCl2N2O2S/c12-11-4-1-7(6-15-11)16-19(17,18)8-2-3-9(13)10(14)5-8/h1-6,16H. The molecule has 0 amide bonds. The highest BCUT2D eigenvalue weighted by atomic mass is 79.9. The average Bonchev–Trinajstić information content (AvgIpc) is 2.35. The van der Waals surface area contributed by atoms with E-state index in [0.717, 1.165) is 0 Å². The van der Waals surface area contributed by atoms with E-state index in [0.29, 0.717) is 15.3 Å². The van der Waals surface area contributed by atoms with Gasteiger partial charge in [0.1, 0.15) is 4.60 Å². The van der Waals surface area contributed by atoms with Gasteiger partial charge in [0.05, 0.1) is 26.8 Å². The van der Waals surface area contributed by atoms with Crippen molar-refractivity contribution in [3.63, 3.8) is 0 Å². The number of anilines is 1. The first-order valence-corrected chi connectivity index (χ1v) is 8.01. The number of hydrogen-bond acceptors (Lipinski definition) is 3. The maximum atomic E-state index is 12.1. The summed E-state index contributed by atoms with van der Waals surface area (Å²) >= 11 is 14.7. The van der Waals surface area contributed by atoms with Crippen molar-refractivity contribution in [2.45, 2.75) is 4.90 Å². The molecule has 1 aromatic heterocycles. The van der Waals surface area contributed by atoms with E-state index in [4.69, 9.17) is 23.2 Å². The second-order valence-corrected chi connectivity index (χ2v) is 6.86. The van der Waals surface area contributed by atoms with E-state index in [9.17, 15) is 8.42 Å². The van der Waals surface area contributed by atoms with Crippen molar-refractivity contribution in [2.75, 3.05) is 4.72 Å². The quantitative estimate of drug-likeness (QED) is 0.818. The number of nitrogens with one attached hydrogen (secondary N) is 1. The molecule has 1 aromatic carbocycles. The Balaban J connectivity index is 2.32. The maximum absolute atomic E-state index is 12.1. The van der Waals surface area contributed by atoms with Crippen LogP contribution in [0.2, 0.25) is 10.0 Å². The van der Waals surface area contributed by atoms with Crippen LogP contribution in [0, 0.1) is 0 Å². The normalized spacial score (nSPS) is 11.3. The molecule has 19 heavy (non-hydrogen) atoms. The van der Waals surface area contributed by atoms with Crippen LogP contribution in [0.3, 0.4) is 0 Å². The number of nitrogens with zero attached hydrogens (tertiary/aromatic N) is 1. The fourth-order valence-electron chi connectivity index (χ4n) is 1.29. The van der Waals surface area contributed by atoms with E-state index < -0.39 is 10.0 Å². The molecule has 0 aliphatic rings. The van der Waals surface area contributed by atoms with Gasteiger partial charge in [-0.3, -0.25) is 4.72 Å². The van der Waals surface area contributed by atoms with Crippen LogP contribution < -0.4 is 4.72 Å². The SMILES string of the molecule is O=S(=O)(Nc1ccc(Br)nc1)c1ccc(Cl)c(Cl)c1. The number of halogens is 3. The smallest absolute Gasteiger partial charge is 0.261 e. The highest BCUT2D eigenvalue weighted by Gasteiger charge is 2.15. The minimum atomic E-state index is -3.71. The van der Waals surface area contributed by atoms with Crippen molar-refractivity contribution >= 4 is 54.8 Å². The first-order chi connectivity index (χ1) is 8.88. The lowest BCUT2D eigenvalue weighted by Crippen LogP contribution is -2.13. The van der Waals surface area contributed by atoms with Crippen LogP contribution in [-0.2, 0) is 10.0 Å². The Morgan fingerprint density at radius 1 is 1.11 bits per heavy atom. The molecular formula is C11H7BrCl2N2O2S. The summed E-state index contributed by atoms with van der Waals surface area (Å²) in [6.07, 6.45) is 1.40. The van der Waals surface area contributed by atoms with E-state index >= 15 is 0 Å². The summed E-state index contributed by atoms with van der Waals surface area (Å²) in [4.78, 5) is 3.96. The molecule has 0 radical (unpaired) electrons. The van der Waals surface area contributed by atoms with Crippen LogP contribution >= 0.6 is 39.1 Å². The minimum Gasteiger partial charge on any atom is -0.278 e. The van der Waals surface area contributed by atoms with Gasteiger partial charge in [-0.05, 0) is 46.3 Å². The van der Waals surface area contributed by atoms with Crippen molar-refractivity contribution < 1.29 is 8.42 Å². The van der Waals surface area contributed by atoms with E-state index in [1.54, 1.807) is 12.1 Å². The Hall–Kier alpha value is -0.820. The van der Waals surface area contributed by atoms with Crippen LogP contribution in [0.15, 0.2) is 46.0 Å². The van der Waals surface area contributed by atoms with Gasteiger partial charge in [0.2, 0.25) is 0 Å². The lowest BCUT2D eigenvalue weighted by molar-refractivity contribution is 0.601. The second kappa shape index (κ2) is 5.66. The van der Waals surface area contributed by atoms with Gasteiger partial charge in [-0.1, -0.05) is 23.2 Å². The molecule has 100 valence electrons. The Morgan fingerprint density at radius 2 is 1.84 bits per heavy atom. The molecule has 0 spiro atoms. The summed E-state index contributed by atoms with van der Waals surface area (Å²) < 4.78 is 27.2. The van der Waals surface area contributed by atoms with E-state index in [2.05, 4.69) is 25.6 Å². The van der Waals surface area contributed by atoms with Crippen LogP contribution in [-0.4, -0.2) is 13.4 Å².